The molecule has 0 aliphatic heterocycles. The van der Waals surface area contributed by atoms with E-state index in [1.165, 1.54) is 11.1 Å². The average molecular weight is 164 g/mol. The van der Waals surface area contributed by atoms with Crippen LogP contribution in [0.3, 0.4) is 0 Å². The second-order valence-corrected chi connectivity index (χ2v) is 2.87. The molecule has 0 unspecified atom stereocenters. The summed E-state index contributed by atoms with van der Waals surface area (Å²) in [6.07, 6.45) is 10.9. The molecule has 0 spiro atoms. The summed E-state index contributed by atoms with van der Waals surface area (Å²) in [6.45, 7) is 8.59. The summed E-state index contributed by atoms with van der Waals surface area (Å²) >= 11 is 0. The fourth-order valence-corrected chi connectivity index (χ4v) is 1.18. The van der Waals surface area contributed by atoms with Gasteiger partial charge < -0.3 is 0 Å². The van der Waals surface area contributed by atoms with E-state index in [0.29, 0.717) is 0 Å². The molecular weight excluding hydrogens is 144 g/mol. The van der Waals surface area contributed by atoms with Crippen molar-refractivity contribution >= 4 is 0 Å². The Labute approximate surface area is 76.7 Å². The molecule has 0 rings (SSSR count). The Balaban J connectivity index is 4.40. The van der Waals surface area contributed by atoms with Gasteiger partial charge in [-0.1, -0.05) is 38.2 Å². The maximum absolute atomic E-state index is 2.30. The third kappa shape index (κ3) is 4.17. The monoisotopic (exact) mass is 164 g/mol. The van der Waals surface area contributed by atoms with E-state index < -0.39 is 0 Å². The van der Waals surface area contributed by atoms with Gasteiger partial charge in [-0.2, -0.15) is 0 Å². The maximum atomic E-state index is 2.30. The van der Waals surface area contributed by atoms with Crippen molar-refractivity contribution in [3.05, 3.63) is 35.5 Å². The highest BCUT2D eigenvalue weighted by atomic mass is 14.0. The van der Waals surface area contributed by atoms with Gasteiger partial charge in [-0.15, -0.1) is 0 Å². The molecule has 0 N–H and O–H groups in total. The van der Waals surface area contributed by atoms with Crippen molar-refractivity contribution in [1.29, 1.82) is 0 Å². The van der Waals surface area contributed by atoms with E-state index in [2.05, 4.69) is 45.1 Å². The minimum absolute atomic E-state index is 1.13. The SMILES string of the molecule is C\C=C/C=C(C)/C(=C/CC)CC. The molecule has 0 saturated carbocycles. The lowest BCUT2D eigenvalue weighted by atomic mass is 10.0. The second kappa shape index (κ2) is 6.90. The number of hydrogen-bond acceptors (Lipinski definition) is 0. The first-order valence-electron chi connectivity index (χ1n) is 4.75. The van der Waals surface area contributed by atoms with E-state index >= 15 is 0 Å². The molecule has 68 valence electrons. The topological polar surface area (TPSA) is 0 Å². The third-order valence-electron chi connectivity index (χ3n) is 1.88. The summed E-state index contributed by atoms with van der Waals surface area (Å²) < 4.78 is 0. The molecule has 0 heterocycles. The molecule has 0 aliphatic rings. The zero-order chi connectivity index (χ0) is 9.40. The molecule has 0 bridgehead atoms. The van der Waals surface area contributed by atoms with Gasteiger partial charge in [0.15, 0.2) is 0 Å². The van der Waals surface area contributed by atoms with Crippen LogP contribution in [-0.4, -0.2) is 0 Å². The molecule has 0 atom stereocenters. The second-order valence-electron chi connectivity index (χ2n) is 2.87. The molecular formula is C12H20. The van der Waals surface area contributed by atoms with E-state index in [9.17, 15) is 0 Å². The van der Waals surface area contributed by atoms with E-state index in [1.54, 1.807) is 0 Å². The number of rotatable bonds is 4. The Hall–Kier alpha value is -0.780. The van der Waals surface area contributed by atoms with Gasteiger partial charge in [-0.3, -0.25) is 0 Å². The minimum atomic E-state index is 1.13. The third-order valence-corrected chi connectivity index (χ3v) is 1.88. The van der Waals surface area contributed by atoms with Crippen LogP contribution in [-0.2, 0) is 0 Å². The number of hydrogen-bond donors (Lipinski definition) is 0. The lowest BCUT2D eigenvalue weighted by Crippen LogP contribution is -1.82. The first kappa shape index (κ1) is 11.2. The van der Waals surface area contributed by atoms with E-state index in [0.717, 1.165) is 12.8 Å². The van der Waals surface area contributed by atoms with E-state index in [-0.39, 0.29) is 0 Å². The minimum Gasteiger partial charge on any atom is -0.0877 e. The van der Waals surface area contributed by atoms with Gasteiger partial charge in [0.2, 0.25) is 0 Å². The van der Waals surface area contributed by atoms with E-state index in [4.69, 9.17) is 0 Å². The summed E-state index contributed by atoms with van der Waals surface area (Å²) in [7, 11) is 0. The maximum Gasteiger partial charge on any atom is -0.0308 e. The molecule has 0 radical (unpaired) electrons. The van der Waals surface area contributed by atoms with Crippen LogP contribution in [0.1, 0.15) is 40.5 Å². The molecule has 0 aromatic heterocycles. The Bertz CT molecular complexity index is 192. The van der Waals surface area contributed by atoms with Gasteiger partial charge in [-0.05, 0) is 37.8 Å². The van der Waals surface area contributed by atoms with Crippen LogP contribution >= 0.6 is 0 Å². The molecule has 0 fully saturated rings. The largest absolute Gasteiger partial charge is 0.0877 e. The Morgan fingerprint density at radius 3 is 2.33 bits per heavy atom. The molecule has 0 aliphatic carbocycles. The summed E-state index contributed by atoms with van der Waals surface area (Å²) in [5.41, 5.74) is 2.85. The van der Waals surface area contributed by atoms with E-state index in [1.807, 2.05) is 6.92 Å². The fourth-order valence-electron chi connectivity index (χ4n) is 1.18. The Kier molecular flexibility index (Phi) is 6.45. The summed E-state index contributed by atoms with van der Waals surface area (Å²) in [5.74, 6) is 0. The average Bonchev–Trinajstić information content (AvgIpc) is 2.10. The van der Waals surface area contributed by atoms with Gasteiger partial charge >= 0.3 is 0 Å². The Morgan fingerprint density at radius 2 is 1.92 bits per heavy atom. The van der Waals surface area contributed by atoms with Crippen molar-refractivity contribution in [3.63, 3.8) is 0 Å². The zero-order valence-corrected chi connectivity index (χ0v) is 8.72. The van der Waals surface area contributed by atoms with Crippen molar-refractivity contribution in [2.24, 2.45) is 0 Å². The molecule has 0 amide bonds. The van der Waals surface area contributed by atoms with Crippen molar-refractivity contribution in [3.8, 4) is 0 Å². The summed E-state index contributed by atoms with van der Waals surface area (Å²) in [5, 5.41) is 0. The zero-order valence-electron chi connectivity index (χ0n) is 8.72. The van der Waals surface area contributed by atoms with Crippen LogP contribution < -0.4 is 0 Å². The van der Waals surface area contributed by atoms with Crippen molar-refractivity contribution in [1.82, 2.24) is 0 Å². The van der Waals surface area contributed by atoms with Crippen LogP contribution in [0, 0.1) is 0 Å². The quantitative estimate of drug-likeness (QED) is 0.545. The van der Waals surface area contributed by atoms with Crippen molar-refractivity contribution in [2.45, 2.75) is 40.5 Å². The van der Waals surface area contributed by atoms with Gasteiger partial charge in [0, 0.05) is 0 Å². The lowest BCUT2D eigenvalue weighted by Gasteiger charge is -2.02. The van der Waals surface area contributed by atoms with Gasteiger partial charge in [0.05, 0.1) is 0 Å². The van der Waals surface area contributed by atoms with Crippen LogP contribution in [0.2, 0.25) is 0 Å². The smallest absolute Gasteiger partial charge is 0.0308 e. The molecule has 0 nitrogen and oxygen atoms in total. The number of allylic oxidation sites excluding steroid dienone is 6. The fraction of sp³-hybridized carbons (Fsp3) is 0.500. The summed E-state index contributed by atoms with van der Waals surface area (Å²) in [4.78, 5) is 0. The normalized spacial score (nSPS) is 14.3. The predicted octanol–water partition coefficient (Wildman–Crippen LogP) is 4.26. The summed E-state index contributed by atoms with van der Waals surface area (Å²) in [6, 6.07) is 0. The van der Waals surface area contributed by atoms with Crippen LogP contribution in [0.5, 0.6) is 0 Å². The van der Waals surface area contributed by atoms with Crippen molar-refractivity contribution in [2.75, 3.05) is 0 Å². The van der Waals surface area contributed by atoms with Crippen LogP contribution in [0.25, 0.3) is 0 Å². The highest BCUT2D eigenvalue weighted by Gasteiger charge is 1.93. The van der Waals surface area contributed by atoms with Gasteiger partial charge in [0.25, 0.3) is 0 Å². The molecule has 0 saturated heterocycles. The molecule has 0 aromatic rings. The first-order chi connectivity index (χ1) is 5.76. The van der Waals surface area contributed by atoms with Crippen LogP contribution in [0.15, 0.2) is 35.5 Å². The Morgan fingerprint density at radius 1 is 1.25 bits per heavy atom. The van der Waals surface area contributed by atoms with Crippen molar-refractivity contribution < 1.29 is 0 Å². The molecule has 0 aromatic carbocycles. The predicted molar refractivity (Wildman–Crippen MR) is 57.2 cm³/mol. The van der Waals surface area contributed by atoms with Gasteiger partial charge in [-0.25, -0.2) is 0 Å². The highest BCUT2D eigenvalue weighted by molar-refractivity contribution is 5.31. The first-order valence-corrected chi connectivity index (χ1v) is 4.75. The standard InChI is InChI=1S/C12H20/c1-5-8-10-11(4)12(7-3)9-6-2/h5,8-10H,6-7H2,1-4H3/b8-5-,11-10+,12-9+. The lowest BCUT2D eigenvalue weighted by molar-refractivity contribution is 1.06. The molecule has 0 heteroatoms. The highest BCUT2D eigenvalue weighted by Crippen LogP contribution is 2.13. The molecule has 12 heavy (non-hydrogen) atoms. The van der Waals surface area contributed by atoms with Crippen LogP contribution in [0.4, 0.5) is 0 Å². The van der Waals surface area contributed by atoms with Gasteiger partial charge in [0.1, 0.15) is 0 Å².